The third-order valence-electron chi connectivity index (χ3n) is 2.49. The molecule has 1 N–H and O–H groups in total. The summed E-state index contributed by atoms with van der Waals surface area (Å²) in [6.45, 7) is 0. The fourth-order valence-corrected chi connectivity index (χ4v) is 1.99. The molecule has 7 heteroatoms. The third-order valence-corrected chi connectivity index (χ3v) is 2.82. The first kappa shape index (κ1) is 12.8. The number of aliphatic hydroxyl groups excluding tert-OH is 1. The van der Waals surface area contributed by atoms with E-state index in [-0.39, 0.29) is 6.42 Å². The van der Waals surface area contributed by atoms with Crippen LogP contribution in [-0.2, 0) is 13.5 Å². The molecular formula is C11H13ClN4O2. The van der Waals surface area contributed by atoms with Crippen molar-refractivity contribution in [2.75, 3.05) is 7.11 Å². The lowest BCUT2D eigenvalue weighted by Crippen LogP contribution is -2.06. The lowest BCUT2D eigenvalue weighted by atomic mass is 10.1. The molecule has 0 aliphatic rings. The maximum Gasteiger partial charge on any atom is 0.177 e. The van der Waals surface area contributed by atoms with E-state index in [0.717, 1.165) is 0 Å². The van der Waals surface area contributed by atoms with E-state index in [2.05, 4.69) is 15.4 Å². The number of aromatic nitrogens is 4. The van der Waals surface area contributed by atoms with Crippen LogP contribution in [0, 0.1) is 0 Å². The van der Waals surface area contributed by atoms with Crippen LogP contribution in [0.25, 0.3) is 0 Å². The topological polar surface area (TPSA) is 73.1 Å². The van der Waals surface area contributed by atoms with Crippen molar-refractivity contribution >= 4 is 11.6 Å². The van der Waals surface area contributed by atoms with Crippen molar-refractivity contribution in [2.45, 2.75) is 12.5 Å². The van der Waals surface area contributed by atoms with E-state index < -0.39 is 6.10 Å². The van der Waals surface area contributed by atoms with E-state index in [4.69, 9.17) is 16.3 Å². The Bertz CT molecular complexity index is 544. The molecule has 0 saturated heterocycles. The molecule has 0 amide bonds. The van der Waals surface area contributed by atoms with Crippen LogP contribution in [0.15, 0.2) is 18.2 Å². The molecule has 0 aliphatic carbocycles. The summed E-state index contributed by atoms with van der Waals surface area (Å²) in [6, 6.07) is 5.21. The van der Waals surface area contributed by atoms with Gasteiger partial charge in [-0.3, -0.25) is 0 Å². The second-order valence-electron chi connectivity index (χ2n) is 3.77. The normalized spacial score (nSPS) is 12.4. The lowest BCUT2D eigenvalue weighted by Gasteiger charge is -2.14. The zero-order valence-corrected chi connectivity index (χ0v) is 10.8. The average Bonchev–Trinajstić information content (AvgIpc) is 2.74. The second kappa shape index (κ2) is 5.32. The Balaban J connectivity index is 2.25. The monoisotopic (exact) mass is 268 g/mol. The lowest BCUT2D eigenvalue weighted by molar-refractivity contribution is 0.171. The van der Waals surface area contributed by atoms with Crippen LogP contribution >= 0.6 is 11.6 Å². The Morgan fingerprint density at radius 3 is 2.89 bits per heavy atom. The molecule has 96 valence electrons. The van der Waals surface area contributed by atoms with Gasteiger partial charge in [-0.05, 0) is 17.3 Å². The van der Waals surface area contributed by atoms with Crippen LogP contribution < -0.4 is 4.74 Å². The van der Waals surface area contributed by atoms with Crippen molar-refractivity contribution in [1.82, 2.24) is 20.2 Å². The van der Waals surface area contributed by atoms with E-state index in [1.165, 1.54) is 11.9 Å². The zero-order chi connectivity index (χ0) is 13.1. The number of ether oxygens (including phenoxy) is 1. The van der Waals surface area contributed by atoms with Gasteiger partial charge in [0.2, 0.25) is 0 Å². The second-order valence-corrected chi connectivity index (χ2v) is 4.18. The highest BCUT2D eigenvalue weighted by molar-refractivity contribution is 6.31. The fourth-order valence-electron chi connectivity index (χ4n) is 1.70. The minimum atomic E-state index is -0.835. The first-order chi connectivity index (χ1) is 8.61. The minimum Gasteiger partial charge on any atom is -0.496 e. The molecule has 1 heterocycles. The molecule has 18 heavy (non-hydrogen) atoms. The molecule has 1 aromatic carbocycles. The Labute approximate surface area is 109 Å². The predicted molar refractivity (Wildman–Crippen MR) is 65.5 cm³/mol. The summed E-state index contributed by atoms with van der Waals surface area (Å²) >= 11 is 6.07. The number of hydrogen-bond donors (Lipinski definition) is 1. The number of methoxy groups -OCH3 is 1. The number of rotatable bonds is 4. The molecule has 0 spiro atoms. The maximum absolute atomic E-state index is 10.2. The van der Waals surface area contributed by atoms with E-state index in [9.17, 15) is 5.11 Å². The van der Waals surface area contributed by atoms with Crippen molar-refractivity contribution in [1.29, 1.82) is 0 Å². The van der Waals surface area contributed by atoms with E-state index in [1.54, 1.807) is 25.2 Å². The van der Waals surface area contributed by atoms with Gasteiger partial charge in [0, 0.05) is 12.0 Å². The fraction of sp³-hybridized carbons (Fsp3) is 0.364. The zero-order valence-electron chi connectivity index (χ0n) is 10.0. The number of halogens is 1. The summed E-state index contributed by atoms with van der Waals surface area (Å²) in [4.78, 5) is 1.34. The summed E-state index contributed by atoms with van der Waals surface area (Å²) in [5.74, 6) is 0.992. The average molecular weight is 269 g/mol. The van der Waals surface area contributed by atoms with E-state index in [0.29, 0.717) is 22.2 Å². The van der Waals surface area contributed by atoms with Gasteiger partial charge in [-0.15, -0.1) is 10.2 Å². The highest BCUT2D eigenvalue weighted by atomic mass is 35.5. The van der Waals surface area contributed by atoms with Crippen LogP contribution in [0.3, 0.4) is 0 Å². The Kier molecular flexibility index (Phi) is 3.78. The minimum absolute atomic E-state index is 0.230. The summed E-state index contributed by atoms with van der Waals surface area (Å²) in [7, 11) is 3.20. The maximum atomic E-state index is 10.2. The van der Waals surface area contributed by atoms with Crippen molar-refractivity contribution in [3.8, 4) is 5.75 Å². The molecule has 0 bridgehead atoms. The first-order valence-corrected chi connectivity index (χ1v) is 5.73. The van der Waals surface area contributed by atoms with Gasteiger partial charge < -0.3 is 9.84 Å². The predicted octanol–water partition coefficient (Wildman–Crippen LogP) is 1.15. The molecule has 1 unspecified atom stereocenters. The van der Waals surface area contributed by atoms with Crippen molar-refractivity contribution < 1.29 is 9.84 Å². The molecule has 1 atom stereocenters. The van der Waals surface area contributed by atoms with Gasteiger partial charge >= 0.3 is 0 Å². The van der Waals surface area contributed by atoms with Crippen LogP contribution in [0.5, 0.6) is 5.75 Å². The Morgan fingerprint density at radius 1 is 1.50 bits per heavy atom. The number of tetrazole rings is 1. The standard InChI is InChI=1S/C11H13ClN4O2/c1-16-14-10(13-15-16)6-8(17)11-7(12)4-3-5-9(11)18-2/h3-5,8,17H,6H2,1-2H3. The largest absolute Gasteiger partial charge is 0.496 e. The van der Waals surface area contributed by atoms with Gasteiger partial charge in [0.05, 0.1) is 25.3 Å². The molecule has 0 fully saturated rings. The molecule has 0 radical (unpaired) electrons. The molecule has 0 aliphatic heterocycles. The van der Waals surface area contributed by atoms with Gasteiger partial charge in [-0.25, -0.2) is 0 Å². The Morgan fingerprint density at radius 2 is 2.28 bits per heavy atom. The SMILES string of the molecule is COc1cccc(Cl)c1C(O)Cc1nnn(C)n1. The summed E-state index contributed by atoms with van der Waals surface area (Å²) < 4.78 is 5.18. The smallest absolute Gasteiger partial charge is 0.177 e. The van der Waals surface area contributed by atoms with Crippen LogP contribution in [-0.4, -0.2) is 32.4 Å². The van der Waals surface area contributed by atoms with Gasteiger partial charge in [0.15, 0.2) is 5.82 Å². The van der Waals surface area contributed by atoms with Gasteiger partial charge in [0.25, 0.3) is 0 Å². The number of aliphatic hydroxyl groups is 1. The molecule has 6 nitrogen and oxygen atoms in total. The van der Waals surface area contributed by atoms with E-state index >= 15 is 0 Å². The van der Waals surface area contributed by atoms with E-state index in [1.807, 2.05) is 0 Å². The number of aryl methyl sites for hydroxylation is 1. The summed E-state index contributed by atoms with van der Waals surface area (Å²) in [5, 5.41) is 22.2. The highest BCUT2D eigenvalue weighted by Gasteiger charge is 2.19. The molecular weight excluding hydrogens is 256 g/mol. The van der Waals surface area contributed by atoms with Crippen LogP contribution in [0.1, 0.15) is 17.5 Å². The van der Waals surface area contributed by atoms with Gasteiger partial charge in [-0.1, -0.05) is 17.7 Å². The summed E-state index contributed by atoms with van der Waals surface area (Å²) in [5.41, 5.74) is 0.536. The molecule has 1 aromatic heterocycles. The van der Waals surface area contributed by atoms with Gasteiger partial charge in [0.1, 0.15) is 5.75 Å². The van der Waals surface area contributed by atoms with Crippen LogP contribution in [0.2, 0.25) is 5.02 Å². The van der Waals surface area contributed by atoms with Crippen molar-refractivity contribution in [3.63, 3.8) is 0 Å². The number of hydrogen-bond acceptors (Lipinski definition) is 5. The van der Waals surface area contributed by atoms with Crippen molar-refractivity contribution in [3.05, 3.63) is 34.6 Å². The first-order valence-electron chi connectivity index (χ1n) is 5.35. The number of nitrogens with zero attached hydrogens (tertiary/aromatic N) is 4. The van der Waals surface area contributed by atoms with Crippen molar-refractivity contribution in [2.24, 2.45) is 7.05 Å². The highest BCUT2D eigenvalue weighted by Crippen LogP contribution is 2.33. The summed E-state index contributed by atoms with van der Waals surface area (Å²) in [6.07, 6.45) is -0.605. The van der Waals surface area contributed by atoms with Crippen LogP contribution in [0.4, 0.5) is 0 Å². The van der Waals surface area contributed by atoms with Gasteiger partial charge in [-0.2, -0.15) is 4.80 Å². The quantitative estimate of drug-likeness (QED) is 0.900. The Hall–Kier alpha value is -1.66. The third kappa shape index (κ3) is 2.60. The number of benzene rings is 1. The molecule has 2 rings (SSSR count). The molecule has 0 saturated carbocycles. The molecule has 2 aromatic rings.